The lowest BCUT2D eigenvalue weighted by Gasteiger charge is -2.34. The maximum Gasteiger partial charge on any atom is 0.160 e. The summed E-state index contributed by atoms with van der Waals surface area (Å²) in [6.45, 7) is 0. The molecular weight excluding hydrogens is 703 g/mol. The van der Waals surface area contributed by atoms with Crippen molar-refractivity contribution < 1.29 is 0 Å². The molecule has 9 aromatic rings. The number of nitrogens with zero attached hydrogens (tertiary/aromatic N) is 3. The Kier molecular flexibility index (Phi) is 8.29. The van der Waals surface area contributed by atoms with Gasteiger partial charge in [0, 0.05) is 40.9 Å². The van der Waals surface area contributed by atoms with Crippen molar-refractivity contribution in [1.29, 1.82) is 0 Å². The second kappa shape index (κ2) is 14.2. The van der Waals surface area contributed by atoms with Gasteiger partial charge in [0.15, 0.2) is 5.82 Å². The van der Waals surface area contributed by atoms with Crippen molar-refractivity contribution in [2.45, 2.75) is 11.8 Å². The van der Waals surface area contributed by atoms with Gasteiger partial charge >= 0.3 is 0 Å². The summed E-state index contributed by atoms with van der Waals surface area (Å²) in [4.78, 5) is 14.8. The Morgan fingerprint density at radius 1 is 0.362 bits per heavy atom. The van der Waals surface area contributed by atoms with Crippen molar-refractivity contribution in [3.63, 3.8) is 0 Å². The Morgan fingerprint density at radius 2 is 0.948 bits per heavy atom. The van der Waals surface area contributed by atoms with E-state index in [4.69, 9.17) is 9.97 Å². The summed E-state index contributed by atoms with van der Waals surface area (Å²) in [5.41, 5.74) is 17.1. The van der Waals surface area contributed by atoms with Crippen LogP contribution in [0, 0.1) is 0 Å². The van der Waals surface area contributed by atoms with E-state index in [1.807, 2.05) is 12.3 Å². The van der Waals surface area contributed by atoms with Crippen LogP contribution in [-0.4, -0.2) is 15.0 Å². The van der Waals surface area contributed by atoms with Crippen LogP contribution in [0.1, 0.15) is 23.0 Å². The smallest absolute Gasteiger partial charge is 0.160 e. The summed E-state index contributed by atoms with van der Waals surface area (Å²) in [5.74, 6) is 1.33. The maximum atomic E-state index is 5.26. The number of rotatable bonds is 6. The molecule has 272 valence electrons. The predicted octanol–water partition coefficient (Wildman–Crippen LogP) is 14.0. The zero-order valence-corrected chi connectivity index (χ0v) is 31.7. The third-order valence-corrected chi connectivity index (χ3v) is 11.8. The quantitative estimate of drug-likeness (QED) is 0.170. The normalized spacial score (nSPS) is 15.1. The van der Waals surface area contributed by atoms with Gasteiger partial charge in [0.25, 0.3) is 0 Å². The Hall–Kier alpha value is -7.49. The molecule has 0 amide bonds. The number of benzene rings is 7. The number of aromatic nitrogens is 3. The average Bonchev–Trinajstić information content (AvgIpc) is 3.31. The first-order valence-corrected chi connectivity index (χ1v) is 19.9. The van der Waals surface area contributed by atoms with Crippen LogP contribution in [0.4, 0.5) is 0 Å². The Bertz CT molecular complexity index is 3050. The van der Waals surface area contributed by atoms with Crippen molar-refractivity contribution in [2.75, 3.05) is 0 Å². The molecule has 58 heavy (non-hydrogen) atoms. The molecule has 11 rings (SSSR count). The van der Waals surface area contributed by atoms with Gasteiger partial charge in [0.05, 0.1) is 11.4 Å². The van der Waals surface area contributed by atoms with E-state index in [1.54, 1.807) is 6.20 Å². The molecule has 7 aromatic carbocycles. The molecule has 0 N–H and O–H groups in total. The zero-order chi connectivity index (χ0) is 38.4. The largest absolute Gasteiger partial charge is 0.264 e. The van der Waals surface area contributed by atoms with Gasteiger partial charge in [-0.2, -0.15) is 0 Å². The van der Waals surface area contributed by atoms with E-state index in [9.17, 15) is 0 Å². The van der Waals surface area contributed by atoms with Gasteiger partial charge in [-0.3, -0.25) is 4.98 Å². The molecule has 0 fully saturated rings. The topological polar surface area (TPSA) is 38.7 Å². The lowest BCUT2D eigenvalue weighted by molar-refractivity contribution is 0.720. The second-order valence-corrected chi connectivity index (χ2v) is 15.2. The SMILES string of the molecule is C1=CC2c3ccccc3-c3ccc(-c4cccc(-c5nc(-c6ccc(-c7cccnc7)cc6)cc(-c6ccc(-c7cccc8ccccc78)cc6)n5)c4)cc3C2C=C1. The minimum absolute atomic E-state index is 0.303. The van der Waals surface area contributed by atoms with Crippen LogP contribution in [0.3, 0.4) is 0 Å². The molecule has 2 heterocycles. The summed E-state index contributed by atoms with van der Waals surface area (Å²) < 4.78 is 0. The van der Waals surface area contributed by atoms with Crippen molar-refractivity contribution in [3.8, 4) is 78.4 Å². The summed E-state index contributed by atoms with van der Waals surface area (Å²) >= 11 is 0. The standard InChI is InChI=1S/C55H37N3/c1-2-15-45-37(10-1)11-8-20-46(45)38-23-27-40(28-24-38)54-34-53(39-25-21-36(22-26-39)44-14-9-31-56-35-44)57-55(58-54)43-13-7-12-41(32-43)42-29-30-51-49-18-4-3-16-47(49)48-17-5-6-19-50(48)52(51)33-42/h1-35,48,50H. The molecule has 0 spiro atoms. The molecule has 0 saturated carbocycles. The van der Waals surface area contributed by atoms with Crippen LogP contribution >= 0.6 is 0 Å². The highest BCUT2D eigenvalue weighted by Gasteiger charge is 2.31. The number of allylic oxidation sites excluding steroid dienone is 4. The van der Waals surface area contributed by atoms with Crippen molar-refractivity contribution >= 4 is 10.8 Å². The fourth-order valence-corrected chi connectivity index (χ4v) is 8.87. The number of fused-ring (bicyclic) bond motifs is 7. The highest BCUT2D eigenvalue weighted by Crippen LogP contribution is 2.50. The monoisotopic (exact) mass is 739 g/mol. The molecule has 3 nitrogen and oxygen atoms in total. The first-order valence-electron chi connectivity index (χ1n) is 19.9. The maximum absolute atomic E-state index is 5.26. The van der Waals surface area contributed by atoms with Crippen LogP contribution < -0.4 is 0 Å². The average molecular weight is 740 g/mol. The van der Waals surface area contributed by atoms with E-state index < -0.39 is 0 Å². The molecule has 0 radical (unpaired) electrons. The summed E-state index contributed by atoms with van der Waals surface area (Å²) in [5, 5.41) is 2.48. The van der Waals surface area contributed by atoms with Gasteiger partial charge < -0.3 is 0 Å². The van der Waals surface area contributed by atoms with Gasteiger partial charge in [-0.25, -0.2) is 9.97 Å². The summed E-state index contributed by atoms with van der Waals surface area (Å²) in [6.07, 6.45) is 12.8. The molecule has 0 aliphatic heterocycles. The molecule has 2 aliphatic carbocycles. The molecule has 0 saturated heterocycles. The summed E-state index contributed by atoms with van der Waals surface area (Å²) in [7, 11) is 0. The van der Waals surface area contributed by atoms with Crippen LogP contribution in [0.2, 0.25) is 0 Å². The molecule has 2 aromatic heterocycles. The highest BCUT2D eigenvalue weighted by atomic mass is 14.9. The van der Waals surface area contributed by atoms with Gasteiger partial charge in [0.2, 0.25) is 0 Å². The molecule has 2 unspecified atom stereocenters. The Balaban J connectivity index is 0.999. The van der Waals surface area contributed by atoms with E-state index in [0.29, 0.717) is 17.7 Å². The van der Waals surface area contributed by atoms with Gasteiger partial charge in [0.1, 0.15) is 0 Å². The van der Waals surface area contributed by atoms with Gasteiger partial charge in [-0.05, 0) is 90.7 Å². The molecular formula is C55H37N3. The van der Waals surface area contributed by atoms with Crippen molar-refractivity contribution in [3.05, 3.63) is 224 Å². The number of hydrogen-bond donors (Lipinski definition) is 0. The second-order valence-electron chi connectivity index (χ2n) is 15.2. The Labute approximate surface area is 338 Å². The van der Waals surface area contributed by atoms with E-state index in [0.717, 1.165) is 44.8 Å². The first kappa shape index (κ1) is 33.8. The minimum Gasteiger partial charge on any atom is -0.264 e. The highest BCUT2D eigenvalue weighted by molar-refractivity contribution is 5.97. The molecule has 2 atom stereocenters. The van der Waals surface area contributed by atoms with E-state index in [1.165, 1.54) is 49.7 Å². The van der Waals surface area contributed by atoms with E-state index >= 15 is 0 Å². The van der Waals surface area contributed by atoms with Crippen LogP contribution in [0.5, 0.6) is 0 Å². The van der Waals surface area contributed by atoms with Gasteiger partial charge in [-0.15, -0.1) is 0 Å². The van der Waals surface area contributed by atoms with Gasteiger partial charge in [-0.1, -0.05) is 176 Å². The van der Waals surface area contributed by atoms with Crippen LogP contribution in [-0.2, 0) is 0 Å². The number of hydrogen-bond acceptors (Lipinski definition) is 3. The zero-order valence-electron chi connectivity index (χ0n) is 31.7. The molecule has 2 aliphatic rings. The lowest BCUT2D eigenvalue weighted by Crippen LogP contribution is -2.16. The lowest BCUT2D eigenvalue weighted by atomic mass is 9.69. The van der Waals surface area contributed by atoms with E-state index in [-0.39, 0.29) is 0 Å². The number of pyridine rings is 1. The van der Waals surface area contributed by atoms with Crippen molar-refractivity contribution in [1.82, 2.24) is 15.0 Å². The fourth-order valence-electron chi connectivity index (χ4n) is 8.87. The third kappa shape index (κ3) is 6.05. The molecule has 3 heteroatoms. The van der Waals surface area contributed by atoms with Crippen molar-refractivity contribution in [2.24, 2.45) is 0 Å². The van der Waals surface area contributed by atoms with Crippen LogP contribution in [0.25, 0.3) is 89.2 Å². The summed E-state index contributed by atoms with van der Waals surface area (Å²) in [6, 6.07) is 63.1. The third-order valence-electron chi connectivity index (χ3n) is 11.8. The Morgan fingerprint density at radius 3 is 1.74 bits per heavy atom. The van der Waals surface area contributed by atoms with E-state index in [2.05, 4.69) is 199 Å². The minimum atomic E-state index is 0.303. The predicted molar refractivity (Wildman–Crippen MR) is 239 cm³/mol. The first-order chi connectivity index (χ1) is 28.7. The fraction of sp³-hybridized carbons (Fsp3) is 0.0364. The molecule has 0 bridgehead atoms. The van der Waals surface area contributed by atoms with Crippen LogP contribution in [0.15, 0.2) is 213 Å².